The van der Waals surface area contributed by atoms with Gasteiger partial charge in [-0.1, -0.05) is 0 Å². The highest BCUT2D eigenvalue weighted by molar-refractivity contribution is 5.93. The van der Waals surface area contributed by atoms with Crippen LogP contribution in [0.2, 0.25) is 0 Å². The fraction of sp³-hybridized carbons (Fsp3) is 0.414. The number of rotatable bonds is 7. The minimum atomic E-state index is -0.784. The average Bonchev–Trinajstić information content (AvgIpc) is 3.77. The number of methoxy groups -OCH3 is 1. The van der Waals surface area contributed by atoms with Crippen LogP contribution < -0.4 is 25.4 Å². The lowest BCUT2D eigenvalue weighted by Crippen LogP contribution is -2.47. The van der Waals surface area contributed by atoms with E-state index in [9.17, 15) is 19.2 Å². The molecule has 1 aliphatic carbocycles. The molecule has 2 aliphatic heterocycles. The van der Waals surface area contributed by atoms with Gasteiger partial charge in [0.2, 0.25) is 11.3 Å². The van der Waals surface area contributed by atoms with Crippen molar-refractivity contribution in [1.82, 2.24) is 14.9 Å². The maximum Gasteiger partial charge on any atom is 0.414 e. The number of carbonyl (C=O) groups is 3. The van der Waals surface area contributed by atoms with Gasteiger partial charge in [-0.15, -0.1) is 0 Å². The van der Waals surface area contributed by atoms with Crippen molar-refractivity contribution in [3.63, 3.8) is 0 Å². The molecule has 0 unspecified atom stereocenters. The molecule has 2 saturated heterocycles. The van der Waals surface area contributed by atoms with Crippen LogP contribution in [0.3, 0.4) is 0 Å². The molecule has 1 aromatic carbocycles. The first-order valence-corrected chi connectivity index (χ1v) is 14.0. The van der Waals surface area contributed by atoms with Crippen molar-refractivity contribution >= 4 is 46.2 Å². The summed E-state index contributed by atoms with van der Waals surface area (Å²) in [5.74, 6) is -2.14. The Kier molecular flexibility index (Phi) is 7.36. The molecular weight excluding hydrogens is 566 g/mol. The molecule has 14 heteroatoms. The molecule has 1 N–H and O–H groups in total. The quantitative estimate of drug-likeness (QED) is 0.410. The van der Waals surface area contributed by atoms with E-state index in [1.807, 2.05) is 4.90 Å². The van der Waals surface area contributed by atoms with Crippen molar-refractivity contribution in [1.29, 1.82) is 0 Å². The number of hydrogen-bond donors (Lipinski definition) is 1. The molecule has 4 heterocycles. The molecule has 2 aromatic heterocycles. The number of carbonyl (C=O) groups excluding carboxylic acids is 3. The highest BCUT2D eigenvalue weighted by atomic mass is 19.1. The van der Waals surface area contributed by atoms with Crippen LogP contribution in [0.5, 0.6) is 0 Å². The van der Waals surface area contributed by atoms with Gasteiger partial charge in [0, 0.05) is 45.3 Å². The van der Waals surface area contributed by atoms with Crippen molar-refractivity contribution in [2.45, 2.75) is 31.9 Å². The summed E-state index contributed by atoms with van der Waals surface area (Å²) in [6.45, 7) is 3.14. The average molecular weight is 597 g/mol. The molecule has 0 bridgehead atoms. The number of aromatic nitrogens is 2. The summed E-state index contributed by atoms with van der Waals surface area (Å²) in [5.41, 5.74) is 0.195. The van der Waals surface area contributed by atoms with Crippen LogP contribution in [0.1, 0.15) is 36.2 Å². The summed E-state index contributed by atoms with van der Waals surface area (Å²) in [6, 6.07) is 5.69. The Hall–Kier alpha value is -4.75. The number of anilines is 3. The van der Waals surface area contributed by atoms with Crippen LogP contribution >= 0.6 is 0 Å². The third kappa shape index (κ3) is 5.44. The third-order valence-electron chi connectivity index (χ3n) is 7.90. The van der Waals surface area contributed by atoms with Gasteiger partial charge in [-0.3, -0.25) is 14.5 Å². The molecule has 2 amide bonds. The van der Waals surface area contributed by atoms with E-state index in [1.54, 1.807) is 21.6 Å². The number of benzene rings is 1. The van der Waals surface area contributed by atoms with Crippen LogP contribution in [0.4, 0.5) is 30.8 Å². The summed E-state index contributed by atoms with van der Waals surface area (Å²) >= 11 is 0. The van der Waals surface area contributed by atoms with Gasteiger partial charge < -0.3 is 29.2 Å². The molecule has 1 saturated carbocycles. The normalized spacial score (nSPS) is 18.7. The van der Waals surface area contributed by atoms with Crippen LogP contribution in [-0.2, 0) is 14.3 Å². The second kappa shape index (κ2) is 11.2. The zero-order valence-electron chi connectivity index (χ0n) is 23.6. The molecule has 3 fully saturated rings. The molecule has 0 spiro atoms. The van der Waals surface area contributed by atoms with Crippen LogP contribution in [0, 0.1) is 11.6 Å². The number of fused-ring (bicyclic) bond motifs is 1. The lowest BCUT2D eigenvalue weighted by Gasteiger charge is -2.37. The highest BCUT2D eigenvalue weighted by Gasteiger charge is 2.34. The zero-order chi connectivity index (χ0) is 30.4. The topological polar surface area (TPSA) is 126 Å². The van der Waals surface area contributed by atoms with Crippen molar-refractivity contribution in [2.24, 2.45) is 0 Å². The molecule has 6 rings (SSSR count). The first kappa shape index (κ1) is 28.4. The maximum atomic E-state index is 15.4. The van der Waals surface area contributed by atoms with E-state index in [0.717, 1.165) is 18.9 Å². The number of nitrogens with one attached hydrogen (secondary N) is 1. The SMILES string of the molecule is COC(=O)c1cn(C2CC2)c2nc(N3CCN(c4ccc(N5C[C@H](CNC(C)=O)OC5=O)cc4F)CC3)c(F)cc2c1=O. The van der Waals surface area contributed by atoms with E-state index in [2.05, 4.69) is 10.3 Å². The Balaban J connectivity index is 1.18. The number of esters is 1. The van der Waals surface area contributed by atoms with Gasteiger partial charge in [-0.25, -0.2) is 23.4 Å². The Morgan fingerprint density at radius 2 is 1.79 bits per heavy atom. The summed E-state index contributed by atoms with van der Waals surface area (Å²) in [5, 5.41) is 2.62. The molecule has 1 atom stereocenters. The molecular formula is C29H30F2N6O6. The Morgan fingerprint density at radius 1 is 1.07 bits per heavy atom. The van der Waals surface area contributed by atoms with E-state index in [4.69, 9.17) is 9.47 Å². The Morgan fingerprint density at radius 3 is 2.44 bits per heavy atom. The second-order valence-corrected chi connectivity index (χ2v) is 10.8. The van der Waals surface area contributed by atoms with Gasteiger partial charge in [0.1, 0.15) is 23.1 Å². The lowest BCUT2D eigenvalue weighted by molar-refractivity contribution is -0.119. The molecule has 43 heavy (non-hydrogen) atoms. The van der Waals surface area contributed by atoms with Crippen LogP contribution in [0.15, 0.2) is 35.3 Å². The first-order valence-electron chi connectivity index (χ1n) is 14.0. The van der Waals surface area contributed by atoms with Crippen molar-refractivity contribution in [3.8, 4) is 0 Å². The lowest BCUT2D eigenvalue weighted by atomic mass is 10.1. The maximum absolute atomic E-state index is 15.4. The van der Waals surface area contributed by atoms with Gasteiger partial charge in [0.15, 0.2) is 11.6 Å². The summed E-state index contributed by atoms with van der Waals surface area (Å²) in [6.07, 6.45) is 2.00. The number of nitrogens with zero attached hydrogens (tertiary/aromatic N) is 5. The van der Waals surface area contributed by atoms with Crippen LogP contribution in [-0.4, -0.2) is 80.0 Å². The summed E-state index contributed by atoms with van der Waals surface area (Å²) in [4.78, 5) is 58.1. The zero-order valence-corrected chi connectivity index (χ0v) is 23.6. The predicted molar refractivity (Wildman–Crippen MR) is 153 cm³/mol. The van der Waals surface area contributed by atoms with E-state index in [0.29, 0.717) is 43.2 Å². The van der Waals surface area contributed by atoms with Gasteiger partial charge in [-0.05, 0) is 37.1 Å². The standard InChI is InChI=1S/C29H30F2N6O6/c1-16(38)32-13-19-14-37(29(41)43-19)18-5-6-24(22(30)11-18)34-7-9-35(10-8-34)27-23(31)12-20-25(39)21(28(40)42-2)15-36(17-3-4-17)26(20)33-27/h5-6,11-12,15,17,19H,3-4,7-10,13-14H2,1-2H3,(H,32,38)/t19-/m0/s1. The van der Waals surface area contributed by atoms with Gasteiger partial charge in [0.05, 0.1) is 37.0 Å². The van der Waals surface area contributed by atoms with Crippen molar-refractivity contribution in [2.75, 3.05) is 61.1 Å². The number of amides is 2. The van der Waals surface area contributed by atoms with Gasteiger partial charge in [-0.2, -0.15) is 0 Å². The Labute approximate surface area is 244 Å². The molecule has 0 radical (unpaired) electrons. The van der Waals surface area contributed by atoms with E-state index >= 15 is 8.78 Å². The monoisotopic (exact) mass is 596 g/mol. The molecule has 3 aromatic rings. The first-order chi connectivity index (χ1) is 20.6. The van der Waals surface area contributed by atoms with Crippen LogP contribution in [0.25, 0.3) is 11.0 Å². The largest absolute Gasteiger partial charge is 0.465 e. The number of cyclic esters (lactones) is 1. The fourth-order valence-electron chi connectivity index (χ4n) is 5.52. The number of halogens is 2. The summed E-state index contributed by atoms with van der Waals surface area (Å²) < 4.78 is 42.4. The smallest absolute Gasteiger partial charge is 0.414 e. The minimum Gasteiger partial charge on any atom is -0.465 e. The van der Waals surface area contributed by atoms with E-state index in [-0.39, 0.29) is 41.8 Å². The van der Waals surface area contributed by atoms with E-state index in [1.165, 1.54) is 31.2 Å². The fourth-order valence-corrected chi connectivity index (χ4v) is 5.52. The number of hydrogen-bond acceptors (Lipinski definition) is 9. The van der Waals surface area contributed by atoms with Crippen molar-refractivity contribution in [3.05, 3.63) is 57.9 Å². The van der Waals surface area contributed by atoms with E-state index < -0.39 is 35.2 Å². The second-order valence-electron chi connectivity index (χ2n) is 10.8. The minimum absolute atomic E-state index is 0.0140. The predicted octanol–water partition coefficient (Wildman–Crippen LogP) is 2.58. The number of pyridine rings is 2. The Bertz CT molecular complexity index is 1680. The molecule has 3 aliphatic rings. The van der Waals surface area contributed by atoms with Gasteiger partial charge in [0.25, 0.3) is 0 Å². The number of piperazine rings is 1. The summed E-state index contributed by atoms with van der Waals surface area (Å²) in [7, 11) is 1.19. The van der Waals surface area contributed by atoms with Gasteiger partial charge >= 0.3 is 12.1 Å². The van der Waals surface area contributed by atoms with Crippen molar-refractivity contribution < 1.29 is 32.6 Å². The highest BCUT2D eigenvalue weighted by Crippen LogP contribution is 2.37. The third-order valence-corrected chi connectivity index (χ3v) is 7.90. The number of ether oxygens (including phenoxy) is 2. The molecule has 12 nitrogen and oxygen atoms in total. The molecule has 226 valence electrons.